The van der Waals surface area contributed by atoms with Crippen LogP contribution >= 0.6 is 0 Å². The van der Waals surface area contributed by atoms with Gasteiger partial charge in [0.1, 0.15) is 0 Å². The highest BCUT2D eigenvalue weighted by atomic mass is 15.2. The van der Waals surface area contributed by atoms with E-state index in [1.54, 1.807) is 0 Å². The molecule has 0 bridgehead atoms. The summed E-state index contributed by atoms with van der Waals surface area (Å²) in [6.07, 6.45) is 0.587. The summed E-state index contributed by atoms with van der Waals surface area (Å²) in [6.45, 7) is 8.30. The molecule has 0 fully saturated rings. The molecule has 0 saturated carbocycles. The molecule has 0 aliphatic carbocycles. The molecule has 0 N–H and O–H groups in total. The van der Waals surface area contributed by atoms with Crippen LogP contribution in [0.3, 0.4) is 0 Å². The molecule has 0 heterocycles. The first-order valence-electron chi connectivity index (χ1n) is 5.70. The van der Waals surface area contributed by atoms with Crippen LogP contribution in [0.1, 0.15) is 32.8 Å². The maximum atomic E-state index is 8.67. The Bertz CT molecular complexity index is 343. The first-order chi connectivity index (χ1) is 7.54. The van der Waals surface area contributed by atoms with Crippen molar-refractivity contribution >= 4 is 0 Å². The van der Waals surface area contributed by atoms with E-state index in [0.29, 0.717) is 6.42 Å². The molecule has 1 aromatic rings. The van der Waals surface area contributed by atoms with Crippen LogP contribution in [0.5, 0.6) is 0 Å². The van der Waals surface area contributed by atoms with E-state index in [1.807, 2.05) is 6.07 Å². The lowest BCUT2D eigenvalue weighted by atomic mass is 10.0. The molecule has 1 aromatic carbocycles. The number of nitriles is 1. The summed E-state index contributed by atoms with van der Waals surface area (Å²) < 4.78 is 0. The lowest BCUT2D eigenvalue weighted by Gasteiger charge is -2.35. The van der Waals surface area contributed by atoms with Gasteiger partial charge < -0.3 is 0 Å². The molecule has 1 rings (SSSR count). The first kappa shape index (κ1) is 12.7. The highest BCUT2D eigenvalue weighted by Gasteiger charge is 2.20. The molecule has 2 nitrogen and oxygen atoms in total. The SMILES string of the molecule is CC(C)(C)N(CCC#N)Cc1ccccc1. The summed E-state index contributed by atoms with van der Waals surface area (Å²) in [5.41, 5.74) is 1.41. The van der Waals surface area contributed by atoms with E-state index in [-0.39, 0.29) is 5.54 Å². The Hall–Kier alpha value is -1.33. The second-order valence-corrected chi connectivity index (χ2v) is 4.99. The third-order valence-corrected chi connectivity index (χ3v) is 2.66. The van der Waals surface area contributed by atoms with Crippen molar-refractivity contribution in [2.24, 2.45) is 0 Å². The Morgan fingerprint density at radius 2 is 1.81 bits per heavy atom. The molecular formula is C14H20N2. The Labute approximate surface area is 98.5 Å². The standard InChI is InChI=1S/C14H20N2/c1-14(2,3)16(11-7-10-15)12-13-8-5-4-6-9-13/h4-6,8-9H,7,11-12H2,1-3H3. The van der Waals surface area contributed by atoms with Crippen LogP contribution in [-0.2, 0) is 6.54 Å². The summed E-state index contributed by atoms with van der Waals surface area (Å²) in [5.74, 6) is 0. The molecule has 0 amide bonds. The maximum absolute atomic E-state index is 8.67. The fourth-order valence-electron chi connectivity index (χ4n) is 1.64. The number of hydrogen-bond acceptors (Lipinski definition) is 2. The molecule has 0 radical (unpaired) electrons. The summed E-state index contributed by atoms with van der Waals surface area (Å²) in [5, 5.41) is 8.67. The summed E-state index contributed by atoms with van der Waals surface area (Å²) in [4.78, 5) is 2.34. The van der Waals surface area contributed by atoms with Crippen LogP contribution in [0.2, 0.25) is 0 Å². The fraction of sp³-hybridized carbons (Fsp3) is 0.500. The predicted molar refractivity (Wildman–Crippen MR) is 66.8 cm³/mol. The molecule has 0 spiro atoms. The van der Waals surface area contributed by atoms with Crippen molar-refractivity contribution < 1.29 is 0 Å². The average Bonchev–Trinajstić information content (AvgIpc) is 2.24. The van der Waals surface area contributed by atoms with Gasteiger partial charge in [0, 0.05) is 25.0 Å². The van der Waals surface area contributed by atoms with Crippen molar-refractivity contribution in [3.8, 4) is 6.07 Å². The van der Waals surface area contributed by atoms with E-state index < -0.39 is 0 Å². The van der Waals surface area contributed by atoms with Gasteiger partial charge in [0.15, 0.2) is 0 Å². The van der Waals surface area contributed by atoms with Crippen molar-refractivity contribution in [3.63, 3.8) is 0 Å². The number of benzene rings is 1. The Morgan fingerprint density at radius 1 is 1.19 bits per heavy atom. The minimum Gasteiger partial charge on any atom is -0.293 e. The van der Waals surface area contributed by atoms with Crippen LogP contribution in [0.25, 0.3) is 0 Å². The van der Waals surface area contributed by atoms with Gasteiger partial charge in [-0.25, -0.2) is 0 Å². The minimum absolute atomic E-state index is 0.104. The van der Waals surface area contributed by atoms with Crippen molar-refractivity contribution in [2.75, 3.05) is 6.54 Å². The second kappa shape index (κ2) is 5.67. The molecule has 16 heavy (non-hydrogen) atoms. The van der Waals surface area contributed by atoms with E-state index in [9.17, 15) is 0 Å². The van der Waals surface area contributed by atoms with Gasteiger partial charge in [-0.2, -0.15) is 5.26 Å². The Balaban J connectivity index is 2.68. The van der Waals surface area contributed by atoms with Crippen LogP contribution < -0.4 is 0 Å². The van der Waals surface area contributed by atoms with E-state index in [2.05, 4.69) is 56.0 Å². The largest absolute Gasteiger partial charge is 0.293 e. The quantitative estimate of drug-likeness (QED) is 0.772. The fourth-order valence-corrected chi connectivity index (χ4v) is 1.64. The molecular weight excluding hydrogens is 196 g/mol. The van der Waals surface area contributed by atoms with Crippen LogP contribution in [0, 0.1) is 11.3 Å². The zero-order valence-electron chi connectivity index (χ0n) is 10.4. The van der Waals surface area contributed by atoms with Crippen LogP contribution in [0.15, 0.2) is 30.3 Å². The monoisotopic (exact) mass is 216 g/mol. The summed E-state index contributed by atoms with van der Waals surface area (Å²) in [6, 6.07) is 12.6. The van der Waals surface area contributed by atoms with Crippen molar-refractivity contribution in [3.05, 3.63) is 35.9 Å². The second-order valence-electron chi connectivity index (χ2n) is 4.99. The van der Waals surface area contributed by atoms with E-state index in [0.717, 1.165) is 13.1 Å². The minimum atomic E-state index is 0.104. The maximum Gasteiger partial charge on any atom is 0.0635 e. The molecule has 86 valence electrons. The van der Waals surface area contributed by atoms with Gasteiger partial charge in [-0.15, -0.1) is 0 Å². The van der Waals surface area contributed by atoms with Gasteiger partial charge in [0.2, 0.25) is 0 Å². The Morgan fingerprint density at radius 3 is 2.31 bits per heavy atom. The molecule has 0 atom stereocenters. The van der Waals surface area contributed by atoms with Gasteiger partial charge in [-0.1, -0.05) is 30.3 Å². The summed E-state index contributed by atoms with van der Waals surface area (Å²) in [7, 11) is 0. The molecule has 0 aliphatic heterocycles. The molecule has 2 heteroatoms. The molecule has 0 aromatic heterocycles. The lowest BCUT2D eigenvalue weighted by Crippen LogP contribution is -2.41. The predicted octanol–water partition coefficient (Wildman–Crippen LogP) is 3.20. The smallest absolute Gasteiger partial charge is 0.0635 e. The van der Waals surface area contributed by atoms with Crippen LogP contribution in [0.4, 0.5) is 0 Å². The van der Waals surface area contributed by atoms with E-state index in [1.165, 1.54) is 5.56 Å². The van der Waals surface area contributed by atoms with Gasteiger partial charge in [0.25, 0.3) is 0 Å². The first-order valence-corrected chi connectivity index (χ1v) is 5.70. The zero-order chi connectivity index (χ0) is 12.0. The van der Waals surface area contributed by atoms with Gasteiger partial charge in [0.05, 0.1) is 6.07 Å². The van der Waals surface area contributed by atoms with E-state index >= 15 is 0 Å². The van der Waals surface area contributed by atoms with Crippen molar-refractivity contribution in [1.82, 2.24) is 4.90 Å². The number of rotatable bonds is 4. The highest BCUT2D eigenvalue weighted by molar-refractivity contribution is 5.14. The topological polar surface area (TPSA) is 27.0 Å². The van der Waals surface area contributed by atoms with Crippen LogP contribution in [-0.4, -0.2) is 17.0 Å². The van der Waals surface area contributed by atoms with Gasteiger partial charge in [-0.3, -0.25) is 4.90 Å². The zero-order valence-corrected chi connectivity index (χ0v) is 10.4. The third-order valence-electron chi connectivity index (χ3n) is 2.66. The van der Waals surface area contributed by atoms with Gasteiger partial charge in [-0.05, 0) is 26.3 Å². The molecule has 0 aliphatic rings. The highest BCUT2D eigenvalue weighted by Crippen LogP contribution is 2.17. The normalized spacial score (nSPS) is 11.4. The van der Waals surface area contributed by atoms with Crippen molar-refractivity contribution in [1.29, 1.82) is 5.26 Å². The number of nitrogens with zero attached hydrogens (tertiary/aromatic N) is 2. The van der Waals surface area contributed by atoms with E-state index in [4.69, 9.17) is 5.26 Å². The average molecular weight is 216 g/mol. The molecule has 0 saturated heterocycles. The molecule has 0 unspecified atom stereocenters. The third kappa shape index (κ3) is 4.04. The lowest BCUT2D eigenvalue weighted by molar-refractivity contribution is 0.131. The van der Waals surface area contributed by atoms with Crippen molar-refractivity contribution in [2.45, 2.75) is 39.3 Å². The van der Waals surface area contributed by atoms with Gasteiger partial charge >= 0.3 is 0 Å². The number of hydrogen-bond donors (Lipinski definition) is 0. The Kier molecular flexibility index (Phi) is 4.52. The summed E-state index contributed by atoms with van der Waals surface area (Å²) >= 11 is 0.